The first kappa shape index (κ1) is 26.3. The van der Waals surface area contributed by atoms with E-state index in [-0.39, 0.29) is 7.92 Å². The average molecular weight is 571 g/mol. The quantitative estimate of drug-likeness (QED) is 0.253. The molecule has 1 aliphatic carbocycles. The number of anilines is 4. The van der Waals surface area contributed by atoms with Crippen molar-refractivity contribution in [2.24, 2.45) is 0 Å². The van der Waals surface area contributed by atoms with Gasteiger partial charge in [0.05, 0.1) is 19.4 Å². The molecule has 38 heavy (non-hydrogen) atoms. The Balaban J connectivity index is 1.17. The third kappa shape index (κ3) is 5.52. The maximum atomic E-state index is 6.48. The van der Waals surface area contributed by atoms with Gasteiger partial charge in [0.15, 0.2) is 5.82 Å². The highest BCUT2D eigenvalue weighted by Crippen LogP contribution is 2.36. The number of nitrogens with zero attached hydrogens (tertiary/aromatic N) is 3. The molecule has 0 spiro atoms. The van der Waals surface area contributed by atoms with Crippen LogP contribution in [0.2, 0.25) is 10.0 Å². The van der Waals surface area contributed by atoms with Crippen LogP contribution in [-0.2, 0) is 17.6 Å². The molecule has 3 heterocycles. The second-order valence-electron chi connectivity index (χ2n) is 10.8. The van der Waals surface area contributed by atoms with Gasteiger partial charge >= 0.3 is 0 Å². The Morgan fingerprint density at radius 2 is 1.66 bits per heavy atom. The summed E-state index contributed by atoms with van der Waals surface area (Å²) < 4.78 is 5.83. The molecule has 3 aliphatic rings. The van der Waals surface area contributed by atoms with Gasteiger partial charge in [-0.1, -0.05) is 37.2 Å². The monoisotopic (exact) mass is 569 g/mol. The summed E-state index contributed by atoms with van der Waals surface area (Å²) in [6.07, 6.45) is 8.87. The van der Waals surface area contributed by atoms with E-state index in [9.17, 15) is 0 Å². The average Bonchev–Trinajstić information content (AvgIpc) is 3.06. The van der Waals surface area contributed by atoms with Gasteiger partial charge < -0.3 is 15.4 Å². The molecule has 2 N–H and O–H groups in total. The number of rotatable bonds is 6. The van der Waals surface area contributed by atoms with Crippen molar-refractivity contribution >= 4 is 59.6 Å². The van der Waals surface area contributed by atoms with Gasteiger partial charge in [0, 0.05) is 39.8 Å². The molecule has 0 radical (unpaired) electrons. The molecule has 9 heteroatoms. The molecule has 0 saturated carbocycles. The van der Waals surface area contributed by atoms with Crippen LogP contribution in [0.15, 0.2) is 42.6 Å². The van der Waals surface area contributed by atoms with E-state index in [1.807, 2.05) is 18.2 Å². The lowest BCUT2D eigenvalue weighted by atomic mass is 10.0. The Hall–Kier alpha value is -1.95. The number of morpholine rings is 1. The van der Waals surface area contributed by atoms with Gasteiger partial charge in [0.25, 0.3) is 0 Å². The molecule has 2 aliphatic heterocycles. The highest BCUT2D eigenvalue weighted by atomic mass is 35.5. The summed E-state index contributed by atoms with van der Waals surface area (Å²) in [4.78, 5) is 12.0. The number of hydrogen-bond donors (Lipinski definition) is 2. The summed E-state index contributed by atoms with van der Waals surface area (Å²) in [7, 11) is -0.361. The van der Waals surface area contributed by atoms with Crippen LogP contribution in [0.4, 0.5) is 23.1 Å². The lowest BCUT2D eigenvalue weighted by Crippen LogP contribution is -2.51. The van der Waals surface area contributed by atoms with E-state index >= 15 is 0 Å². The van der Waals surface area contributed by atoms with Crippen LogP contribution in [-0.4, -0.2) is 59.5 Å². The second kappa shape index (κ2) is 11.3. The van der Waals surface area contributed by atoms with Crippen molar-refractivity contribution < 1.29 is 4.74 Å². The highest BCUT2D eigenvalue weighted by Gasteiger charge is 2.41. The lowest BCUT2D eigenvalue weighted by molar-refractivity contribution is -0.0389. The smallest absolute Gasteiger partial charge is 0.229 e. The van der Waals surface area contributed by atoms with Gasteiger partial charge in [0.2, 0.25) is 5.95 Å². The molecular weight excluding hydrogens is 536 g/mol. The van der Waals surface area contributed by atoms with Gasteiger partial charge in [-0.25, -0.2) is 4.98 Å². The summed E-state index contributed by atoms with van der Waals surface area (Å²) in [6.45, 7) is 6.21. The fourth-order valence-corrected chi connectivity index (χ4v) is 7.67. The van der Waals surface area contributed by atoms with Crippen LogP contribution in [0, 0.1) is 0 Å². The second-order valence-corrected chi connectivity index (χ2v) is 13.9. The Bertz CT molecular complexity index is 1310. The molecule has 2 fully saturated rings. The number of aromatic nitrogens is 2. The summed E-state index contributed by atoms with van der Waals surface area (Å²) >= 11 is 12.7. The van der Waals surface area contributed by atoms with Crippen LogP contribution in [0.25, 0.3) is 0 Å². The predicted molar refractivity (Wildman–Crippen MR) is 160 cm³/mol. The predicted octanol–water partition coefficient (Wildman–Crippen LogP) is 6.75. The molecular formula is C29H34Cl2N5OP. The maximum absolute atomic E-state index is 6.48. The molecule has 1 aromatic heterocycles. The van der Waals surface area contributed by atoms with Crippen molar-refractivity contribution in [3.63, 3.8) is 0 Å². The van der Waals surface area contributed by atoms with Gasteiger partial charge in [-0.15, -0.1) is 0 Å². The number of aryl methyl sites for hydroxylation is 2. The van der Waals surface area contributed by atoms with Crippen LogP contribution in [0.1, 0.15) is 36.8 Å². The molecule has 200 valence electrons. The number of benzene rings is 2. The van der Waals surface area contributed by atoms with Crippen molar-refractivity contribution in [3.8, 4) is 0 Å². The molecule has 2 saturated heterocycles. The van der Waals surface area contributed by atoms with Crippen molar-refractivity contribution in [3.05, 3.63) is 63.8 Å². The summed E-state index contributed by atoms with van der Waals surface area (Å²) in [5, 5.41) is 9.18. The molecule has 0 amide bonds. The van der Waals surface area contributed by atoms with Gasteiger partial charge in [-0.3, -0.25) is 4.90 Å². The van der Waals surface area contributed by atoms with Gasteiger partial charge in [0.1, 0.15) is 5.02 Å². The minimum atomic E-state index is -0.361. The number of halogens is 2. The third-order valence-corrected chi connectivity index (χ3v) is 9.96. The molecule has 6 nitrogen and oxygen atoms in total. The first-order valence-corrected chi connectivity index (χ1v) is 16.4. The molecule has 6 rings (SSSR count). The molecule has 3 atom stereocenters. The van der Waals surface area contributed by atoms with Crippen LogP contribution < -0.4 is 15.9 Å². The van der Waals surface area contributed by atoms with E-state index < -0.39 is 0 Å². The van der Waals surface area contributed by atoms with Crippen LogP contribution >= 0.6 is 31.1 Å². The number of fused-ring (bicyclic) bond motifs is 3. The van der Waals surface area contributed by atoms with Crippen molar-refractivity contribution in [1.29, 1.82) is 0 Å². The summed E-state index contributed by atoms with van der Waals surface area (Å²) in [6, 6.07) is 14.4. The molecule has 2 aromatic carbocycles. The Morgan fingerprint density at radius 1 is 0.895 bits per heavy atom. The number of hydrogen-bond acceptors (Lipinski definition) is 6. The SMILES string of the molecule is CP(C)c1cc(Cl)ccc1Nc1nc(Nc2ccc3c(c2)CCC(N2C4CCC2COC4)CC3)ncc1Cl. The zero-order valence-corrected chi connectivity index (χ0v) is 24.3. The standard InChI is InChI=1S/C29H34Cl2N5OP/c1-38(2)27-14-20(30)6-12-26(27)34-28-25(31)15-32-29(35-28)33-21-7-3-18-4-8-22(9-5-19(18)13-21)36-23-10-11-24(36)17-37-16-23/h3,6-7,12-15,22-24H,4-5,8-11,16-17H2,1-2H3,(H2,32,33,34,35). The van der Waals surface area contributed by atoms with E-state index in [0.717, 1.165) is 42.5 Å². The maximum Gasteiger partial charge on any atom is 0.229 e. The van der Waals surface area contributed by atoms with Crippen molar-refractivity contribution in [2.45, 2.75) is 56.7 Å². The topological polar surface area (TPSA) is 62.3 Å². The van der Waals surface area contributed by atoms with Crippen molar-refractivity contribution in [2.75, 3.05) is 37.2 Å². The lowest BCUT2D eigenvalue weighted by Gasteiger charge is -2.40. The van der Waals surface area contributed by atoms with Gasteiger partial charge in [-0.05, 0) is 93.3 Å². The minimum Gasteiger partial charge on any atom is -0.378 e. The van der Waals surface area contributed by atoms with Crippen LogP contribution in [0.3, 0.4) is 0 Å². The van der Waals surface area contributed by atoms with Crippen LogP contribution in [0.5, 0.6) is 0 Å². The van der Waals surface area contributed by atoms with E-state index in [0.29, 0.717) is 34.9 Å². The first-order chi connectivity index (χ1) is 18.4. The van der Waals surface area contributed by atoms with Gasteiger partial charge in [-0.2, -0.15) is 4.98 Å². The third-order valence-electron chi connectivity index (χ3n) is 8.11. The Kier molecular flexibility index (Phi) is 7.79. The van der Waals surface area contributed by atoms with Crippen molar-refractivity contribution in [1.82, 2.24) is 14.9 Å². The molecule has 3 aromatic rings. The highest BCUT2D eigenvalue weighted by molar-refractivity contribution is 7.64. The fourth-order valence-electron chi connectivity index (χ4n) is 6.28. The fraction of sp³-hybridized carbons (Fsp3) is 0.448. The number of ether oxygens (including phenoxy) is 1. The first-order valence-electron chi connectivity index (χ1n) is 13.4. The summed E-state index contributed by atoms with van der Waals surface area (Å²) in [5.74, 6) is 1.08. The Labute approximate surface area is 236 Å². The van der Waals surface area contributed by atoms with E-state index in [4.69, 9.17) is 32.9 Å². The zero-order valence-electron chi connectivity index (χ0n) is 21.9. The van der Waals surface area contributed by atoms with E-state index in [2.05, 4.69) is 52.0 Å². The number of nitrogens with one attached hydrogen (secondary N) is 2. The molecule has 2 bridgehead atoms. The van der Waals surface area contributed by atoms with E-state index in [1.165, 1.54) is 42.1 Å². The molecule has 3 unspecified atom stereocenters. The van der Waals surface area contributed by atoms with E-state index in [1.54, 1.807) is 6.20 Å². The summed E-state index contributed by atoms with van der Waals surface area (Å²) in [5.41, 5.74) is 4.85. The normalized spacial score (nSPS) is 23.2. The zero-order chi connectivity index (χ0) is 26.2. The Morgan fingerprint density at radius 3 is 2.42 bits per heavy atom. The largest absolute Gasteiger partial charge is 0.378 e. The minimum absolute atomic E-state index is 0.361.